The van der Waals surface area contributed by atoms with Gasteiger partial charge in [-0.25, -0.2) is 0 Å². The summed E-state index contributed by atoms with van der Waals surface area (Å²) in [6, 6.07) is 4.42. The van der Waals surface area contributed by atoms with Crippen LogP contribution in [0.2, 0.25) is 0 Å². The first-order chi connectivity index (χ1) is 28.2. The number of thioether (sulfide) groups is 1. The minimum Gasteiger partial charge on any atom is -0.480 e. The maximum Gasteiger partial charge on any atom is 0.305 e. The summed E-state index contributed by atoms with van der Waals surface area (Å²) in [7, 11) is 0. The molecule has 1 aromatic carbocycles. The second-order valence-corrected chi connectivity index (χ2v) is 16.1. The summed E-state index contributed by atoms with van der Waals surface area (Å²) in [5.74, 6) is -0.163. The molecule has 3 rings (SSSR count). The molecule has 58 heavy (non-hydrogen) atoms. The van der Waals surface area contributed by atoms with Crippen LogP contribution in [0.15, 0.2) is 24.3 Å². The summed E-state index contributed by atoms with van der Waals surface area (Å²) >= 11 is 1.37. The average Bonchev–Trinajstić information content (AvgIpc) is 3.53. The van der Waals surface area contributed by atoms with Crippen molar-refractivity contribution in [3.05, 3.63) is 29.8 Å². The van der Waals surface area contributed by atoms with Gasteiger partial charge >= 0.3 is 5.97 Å². The molecule has 16 heteroatoms. The van der Waals surface area contributed by atoms with Gasteiger partial charge in [-0.1, -0.05) is 122 Å². The summed E-state index contributed by atoms with van der Waals surface area (Å²) in [5, 5.41) is 28.7. The molecule has 0 saturated heterocycles. The average molecular weight is 828 g/mol. The van der Waals surface area contributed by atoms with Crippen molar-refractivity contribution >= 4 is 58.2 Å². The van der Waals surface area contributed by atoms with Crippen molar-refractivity contribution in [2.24, 2.45) is 5.73 Å². The monoisotopic (exact) mass is 828 g/mol. The van der Waals surface area contributed by atoms with E-state index < -0.39 is 30.5 Å². The van der Waals surface area contributed by atoms with Crippen molar-refractivity contribution in [2.45, 2.75) is 148 Å². The summed E-state index contributed by atoms with van der Waals surface area (Å²) in [5.41, 5.74) is 14.0. The van der Waals surface area contributed by atoms with Gasteiger partial charge < -0.3 is 42.4 Å². The van der Waals surface area contributed by atoms with E-state index in [0.717, 1.165) is 37.7 Å². The van der Waals surface area contributed by atoms with Crippen molar-refractivity contribution < 1.29 is 29.3 Å². The number of nitrogens with two attached hydrogens (primary N) is 2. The molecule has 2 unspecified atom stereocenters. The van der Waals surface area contributed by atoms with Gasteiger partial charge in [0, 0.05) is 30.2 Å². The van der Waals surface area contributed by atoms with Crippen LogP contribution in [0.5, 0.6) is 6.01 Å². The van der Waals surface area contributed by atoms with E-state index in [2.05, 4.69) is 44.7 Å². The Morgan fingerprint density at radius 3 is 2.03 bits per heavy atom. The molecule has 15 nitrogen and oxygen atoms in total. The zero-order chi connectivity index (χ0) is 42.0. The fourth-order valence-electron chi connectivity index (χ4n) is 6.40. The van der Waals surface area contributed by atoms with Crippen molar-refractivity contribution in [3.8, 4) is 6.01 Å². The molecular weight excluding hydrogens is 759 g/mol. The van der Waals surface area contributed by atoms with E-state index in [1.165, 1.54) is 93.4 Å². The molecule has 0 aliphatic carbocycles. The number of aliphatic hydroxyl groups excluding tert-OH is 1. The van der Waals surface area contributed by atoms with Gasteiger partial charge in [0.25, 0.3) is 6.01 Å². The number of aliphatic hydroxyl groups is 1. The topological polar surface area (TPSA) is 233 Å². The highest BCUT2D eigenvalue weighted by Crippen LogP contribution is 2.25. The SMILES string of the molecule is CCCCCCCCCCCCCCCCCC(=O)OCCSCC(N)C(=O)NC(CO)C(=O)Nc1ccc(Cn2c(O)nc3c(N)nc(NCCCC)nc32)cc1. The molecule has 9 N–H and O–H groups in total. The predicted octanol–water partition coefficient (Wildman–Crippen LogP) is 6.66. The molecular formula is C42H69N9O6S. The normalized spacial score (nSPS) is 12.3. The first-order valence-electron chi connectivity index (χ1n) is 21.4. The van der Waals surface area contributed by atoms with Gasteiger partial charge in [-0.2, -0.15) is 26.7 Å². The first kappa shape index (κ1) is 48.2. The van der Waals surface area contributed by atoms with Crippen LogP contribution in [-0.2, 0) is 25.7 Å². The number of aromatic hydroxyl groups is 1. The highest BCUT2D eigenvalue weighted by molar-refractivity contribution is 7.99. The molecule has 2 aromatic heterocycles. The molecule has 3 aromatic rings. The maximum absolute atomic E-state index is 12.9. The van der Waals surface area contributed by atoms with Crippen molar-refractivity contribution in [3.63, 3.8) is 0 Å². The van der Waals surface area contributed by atoms with Crippen LogP contribution in [0.3, 0.4) is 0 Å². The summed E-state index contributed by atoms with van der Waals surface area (Å²) in [6.07, 6.45) is 21.5. The van der Waals surface area contributed by atoms with Crippen LogP contribution in [0.25, 0.3) is 11.2 Å². The third-order valence-electron chi connectivity index (χ3n) is 9.90. The van der Waals surface area contributed by atoms with E-state index in [-0.39, 0.29) is 36.7 Å². The number of nitrogens with one attached hydrogen (secondary N) is 3. The number of benzene rings is 1. The zero-order valence-electron chi connectivity index (χ0n) is 34.8. The number of carbonyl (C=O) groups is 3. The number of amides is 2. The number of rotatable bonds is 32. The number of nitrogens with zero attached hydrogens (tertiary/aromatic N) is 4. The molecule has 0 radical (unpaired) electrons. The second kappa shape index (κ2) is 28.3. The maximum atomic E-state index is 12.9. The van der Waals surface area contributed by atoms with Crippen LogP contribution < -0.4 is 27.4 Å². The molecule has 0 saturated carbocycles. The van der Waals surface area contributed by atoms with Gasteiger partial charge in [0.05, 0.1) is 19.2 Å². The number of carbonyl (C=O) groups excluding carboxylic acids is 3. The molecule has 0 bridgehead atoms. The van der Waals surface area contributed by atoms with E-state index in [1.807, 2.05) is 0 Å². The number of hydrogen-bond acceptors (Lipinski definition) is 13. The van der Waals surface area contributed by atoms with Gasteiger partial charge in [0.15, 0.2) is 17.0 Å². The quantitative estimate of drug-likeness (QED) is 0.0258. The lowest BCUT2D eigenvalue weighted by molar-refractivity contribution is -0.143. The molecule has 0 fully saturated rings. The number of fused-ring (bicyclic) bond motifs is 1. The Hall–Kier alpha value is -4.15. The number of imidazole rings is 1. The first-order valence-corrected chi connectivity index (χ1v) is 22.6. The Balaban J connectivity index is 1.27. The smallest absolute Gasteiger partial charge is 0.305 e. The molecule has 2 amide bonds. The molecule has 0 aliphatic rings. The third-order valence-corrected chi connectivity index (χ3v) is 11.0. The highest BCUT2D eigenvalue weighted by Gasteiger charge is 2.24. The second-order valence-electron chi connectivity index (χ2n) is 14.9. The Kier molecular flexibility index (Phi) is 23.5. The number of unbranched alkanes of at least 4 members (excludes halogenated alkanes) is 15. The van der Waals surface area contributed by atoms with Crippen LogP contribution in [0.1, 0.15) is 135 Å². The number of aromatic nitrogens is 4. The van der Waals surface area contributed by atoms with Crippen LogP contribution in [0, 0.1) is 0 Å². The Morgan fingerprint density at radius 2 is 1.43 bits per heavy atom. The van der Waals surface area contributed by atoms with Gasteiger partial charge in [-0.3, -0.25) is 19.0 Å². The van der Waals surface area contributed by atoms with E-state index in [1.54, 1.807) is 24.3 Å². The zero-order valence-corrected chi connectivity index (χ0v) is 35.6. The fraction of sp³-hybridized carbons (Fsp3) is 0.667. The van der Waals surface area contributed by atoms with E-state index in [9.17, 15) is 24.6 Å². The lowest BCUT2D eigenvalue weighted by Gasteiger charge is -2.19. The molecule has 0 aliphatic heterocycles. The molecule has 0 spiro atoms. The molecule has 2 atom stereocenters. The fourth-order valence-corrected chi connectivity index (χ4v) is 7.18. The lowest BCUT2D eigenvalue weighted by atomic mass is 10.0. The lowest BCUT2D eigenvalue weighted by Crippen LogP contribution is -2.52. The predicted molar refractivity (Wildman–Crippen MR) is 234 cm³/mol. The van der Waals surface area contributed by atoms with Gasteiger partial charge in [-0.05, 0) is 30.5 Å². The number of anilines is 3. The van der Waals surface area contributed by atoms with E-state index in [4.69, 9.17) is 16.2 Å². The number of hydrogen-bond donors (Lipinski definition) is 7. The van der Waals surface area contributed by atoms with Gasteiger partial charge in [0.2, 0.25) is 17.8 Å². The highest BCUT2D eigenvalue weighted by atomic mass is 32.2. The van der Waals surface area contributed by atoms with Crippen LogP contribution >= 0.6 is 11.8 Å². The van der Waals surface area contributed by atoms with Crippen LogP contribution in [0.4, 0.5) is 17.5 Å². The Bertz CT molecular complexity index is 1640. The number of esters is 1. The van der Waals surface area contributed by atoms with Gasteiger partial charge in [-0.15, -0.1) is 0 Å². The summed E-state index contributed by atoms with van der Waals surface area (Å²) in [4.78, 5) is 50.6. The van der Waals surface area contributed by atoms with Crippen molar-refractivity contribution in [1.82, 2.24) is 24.8 Å². The number of ether oxygens (including phenoxy) is 1. The minimum atomic E-state index is -1.22. The van der Waals surface area contributed by atoms with Crippen molar-refractivity contribution in [1.29, 1.82) is 0 Å². The molecule has 2 heterocycles. The third kappa shape index (κ3) is 18.2. The van der Waals surface area contributed by atoms with E-state index in [0.29, 0.717) is 41.5 Å². The Morgan fingerprint density at radius 1 is 0.828 bits per heavy atom. The summed E-state index contributed by atoms with van der Waals surface area (Å²) in [6.45, 7) is 4.84. The van der Waals surface area contributed by atoms with Crippen LogP contribution in [-0.4, -0.2) is 90.9 Å². The van der Waals surface area contributed by atoms with Crippen molar-refractivity contribution in [2.75, 3.05) is 47.6 Å². The number of nitrogen functional groups attached to an aromatic ring is 1. The Labute approximate surface area is 348 Å². The largest absolute Gasteiger partial charge is 0.480 e. The minimum absolute atomic E-state index is 0.152. The molecule has 324 valence electrons. The van der Waals surface area contributed by atoms with Gasteiger partial charge in [0.1, 0.15) is 12.6 Å². The van der Waals surface area contributed by atoms with E-state index >= 15 is 0 Å². The standard InChI is InChI=1S/C42H69N9O6S/c1-3-5-7-8-9-10-11-12-13-14-15-16-17-18-19-20-35(53)57-26-27-58-30-33(43)39(54)47-34(29-52)40(55)46-32-23-21-31(22-24-32)28-51-38-36(48-42(51)56)37(44)49-41(50-38)45-25-6-4-2/h21-24,33-34,52H,3-20,25-30,43H2,1-2H3,(H,46,55)(H,47,54)(H,48,56)(H3,44,45,49,50). The summed E-state index contributed by atoms with van der Waals surface area (Å²) < 4.78 is 6.85.